The summed E-state index contributed by atoms with van der Waals surface area (Å²) in [5, 5.41) is 9.10. The van der Waals surface area contributed by atoms with Crippen molar-refractivity contribution < 1.29 is 14.7 Å². The Kier molecular flexibility index (Phi) is 4.32. The first kappa shape index (κ1) is 16.9. The predicted molar refractivity (Wildman–Crippen MR) is 96.6 cm³/mol. The van der Waals surface area contributed by atoms with Crippen molar-refractivity contribution in [1.29, 1.82) is 0 Å². The lowest BCUT2D eigenvalue weighted by atomic mass is 9.70. The second kappa shape index (κ2) is 6.65. The van der Waals surface area contributed by atoms with E-state index in [2.05, 4.69) is 4.98 Å². The maximum absolute atomic E-state index is 13.2. The quantitative estimate of drug-likeness (QED) is 0.858. The highest BCUT2D eigenvalue weighted by molar-refractivity contribution is 5.97. The van der Waals surface area contributed by atoms with Gasteiger partial charge in [0.05, 0.1) is 5.41 Å². The molecule has 1 fully saturated rings. The molecule has 0 radical (unpaired) electrons. The van der Waals surface area contributed by atoms with Crippen LogP contribution in [0, 0.1) is 5.41 Å². The second-order valence-corrected chi connectivity index (χ2v) is 7.36. The Labute approximate surface area is 152 Å². The summed E-state index contributed by atoms with van der Waals surface area (Å²) in [5.74, 6) is -0.0609. The molecule has 2 heterocycles. The Bertz CT molecular complexity index is 850. The van der Waals surface area contributed by atoms with Crippen molar-refractivity contribution >= 4 is 11.7 Å². The third kappa shape index (κ3) is 2.92. The Morgan fingerprint density at radius 1 is 1.23 bits per heavy atom. The van der Waals surface area contributed by atoms with E-state index in [-0.39, 0.29) is 17.1 Å². The van der Waals surface area contributed by atoms with Crippen molar-refractivity contribution in [3.05, 3.63) is 65.0 Å². The van der Waals surface area contributed by atoms with Crippen molar-refractivity contribution in [1.82, 2.24) is 9.88 Å². The van der Waals surface area contributed by atoms with Gasteiger partial charge in [0.2, 0.25) is 5.91 Å². The van der Waals surface area contributed by atoms with Crippen molar-refractivity contribution in [3.63, 3.8) is 0 Å². The summed E-state index contributed by atoms with van der Waals surface area (Å²) in [6, 6.07) is 9.50. The zero-order valence-corrected chi connectivity index (χ0v) is 14.6. The monoisotopic (exact) mass is 350 g/mol. The SMILES string of the molecule is O=C(CO)c1ccc2c(c1)C[C@@]1(CC2)CCN(Cc2cccnc2)C1=O. The molecule has 0 unspecified atom stereocenters. The number of aromatic nitrogens is 1. The molecule has 134 valence electrons. The van der Waals surface area contributed by atoms with Gasteiger partial charge in [-0.15, -0.1) is 0 Å². The molecule has 2 aromatic rings. The molecule has 5 heteroatoms. The average Bonchev–Trinajstić information content (AvgIpc) is 2.97. The van der Waals surface area contributed by atoms with Crippen LogP contribution >= 0.6 is 0 Å². The molecule has 1 amide bonds. The van der Waals surface area contributed by atoms with Gasteiger partial charge in [0.1, 0.15) is 6.61 Å². The molecule has 1 aromatic heterocycles. The largest absolute Gasteiger partial charge is 0.388 e. The lowest BCUT2D eigenvalue weighted by Gasteiger charge is -2.33. The van der Waals surface area contributed by atoms with Crippen molar-refractivity contribution in [2.45, 2.75) is 32.2 Å². The summed E-state index contributed by atoms with van der Waals surface area (Å²) in [5.41, 5.74) is 3.51. The molecule has 0 bridgehead atoms. The van der Waals surface area contributed by atoms with E-state index >= 15 is 0 Å². The molecule has 1 aliphatic heterocycles. The van der Waals surface area contributed by atoms with Crippen LogP contribution in [0.25, 0.3) is 0 Å². The highest BCUT2D eigenvalue weighted by atomic mass is 16.3. The standard InChI is InChI=1S/C21H22N2O3/c24-14-19(25)17-4-3-16-5-6-21(11-18(16)10-17)7-9-23(20(21)26)13-15-2-1-8-22-12-15/h1-4,8,10,12,24H,5-7,9,11,13-14H2/t21-/m1/s1. The minimum Gasteiger partial charge on any atom is -0.388 e. The minimum absolute atomic E-state index is 0.214. The van der Waals surface area contributed by atoms with Crippen molar-refractivity contribution in [2.75, 3.05) is 13.2 Å². The van der Waals surface area contributed by atoms with Crippen LogP contribution in [0.15, 0.2) is 42.7 Å². The number of hydrogen-bond acceptors (Lipinski definition) is 4. The minimum atomic E-state index is -0.484. The second-order valence-electron chi connectivity index (χ2n) is 7.36. The zero-order chi connectivity index (χ0) is 18.1. The zero-order valence-electron chi connectivity index (χ0n) is 14.6. The van der Waals surface area contributed by atoms with Gasteiger partial charge in [0.15, 0.2) is 5.78 Å². The average molecular weight is 350 g/mol. The van der Waals surface area contributed by atoms with E-state index in [1.165, 1.54) is 5.56 Å². The number of pyridine rings is 1. The van der Waals surface area contributed by atoms with E-state index in [4.69, 9.17) is 5.11 Å². The molecule has 5 nitrogen and oxygen atoms in total. The Morgan fingerprint density at radius 3 is 2.88 bits per heavy atom. The third-order valence-electron chi connectivity index (χ3n) is 5.77. The molecule has 2 aliphatic rings. The first-order valence-corrected chi connectivity index (χ1v) is 9.05. The van der Waals surface area contributed by atoms with Crippen LogP contribution in [0.5, 0.6) is 0 Å². The number of fused-ring (bicyclic) bond motifs is 1. The molecule has 0 saturated carbocycles. The van der Waals surface area contributed by atoms with Gasteiger partial charge in [-0.3, -0.25) is 14.6 Å². The number of hydrogen-bond donors (Lipinski definition) is 1. The Morgan fingerprint density at radius 2 is 2.12 bits per heavy atom. The maximum Gasteiger partial charge on any atom is 0.229 e. The highest BCUT2D eigenvalue weighted by Gasteiger charge is 2.47. The van der Waals surface area contributed by atoms with Gasteiger partial charge < -0.3 is 10.0 Å². The molecular formula is C21H22N2O3. The number of carbonyl (C=O) groups is 2. The fourth-order valence-electron chi connectivity index (χ4n) is 4.28. The van der Waals surface area contributed by atoms with Crippen molar-refractivity contribution in [2.24, 2.45) is 5.41 Å². The van der Waals surface area contributed by atoms with Crippen LogP contribution in [-0.2, 0) is 24.2 Å². The molecule has 1 aromatic carbocycles. The van der Waals surface area contributed by atoms with Crippen molar-refractivity contribution in [3.8, 4) is 0 Å². The van der Waals surface area contributed by atoms with Crippen LogP contribution in [0.1, 0.15) is 39.9 Å². The van der Waals surface area contributed by atoms with Crippen LogP contribution in [-0.4, -0.2) is 39.8 Å². The predicted octanol–water partition coefficient (Wildman–Crippen LogP) is 2.16. The third-order valence-corrected chi connectivity index (χ3v) is 5.77. The van der Waals surface area contributed by atoms with Crippen LogP contribution in [0.4, 0.5) is 0 Å². The van der Waals surface area contributed by atoms with Crippen LogP contribution in [0.2, 0.25) is 0 Å². The lowest BCUT2D eigenvalue weighted by molar-refractivity contribution is -0.137. The number of nitrogens with zero attached hydrogens (tertiary/aromatic N) is 2. The lowest BCUT2D eigenvalue weighted by Crippen LogP contribution is -2.38. The van der Waals surface area contributed by atoms with E-state index in [1.54, 1.807) is 18.5 Å². The number of ketones is 1. The van der Waals surface area contributed by atoms with Gasteiger partial charge in [-0.2, -0.15) is 0 Å². The topological polar surface area (TPSA) is 70.5 Å². The summed E-state index contributed by atoms with van der Waals surface area (Å²) in [6.07, 6.45) is 6.79. The normalized spacial score (nSPS) is 21.9. The van der Waals surface area contributed by atoms with Gasteiger partial charge >= 0.3 is 0 Å². The van der Waals surface area contributed by atoms with Crippen LogP contribution in [0.3, 0.4) is 0 Å². The number of aliphatic hydroxyl groups is 1. The van der Waals surface area contributed by atoms with E-state index in [9.17, 15) is 9.59 Å². The van der Waals surface area contributed by atoms with Crippen LogP contribution < -0.4 is 0 Å². The summed E-state index contributed by atoms with van der Waals surface area (Å²) in [6.45, 7) is 0.879. The summed E-state index contributed by atoms with van der Waals surface area (Å²) >= 11 is 0. The molecule has 26 heavy (non-hydrogen) atoms. The number of rotatable bonds is 4. The molecule has 1 saturated heterocycles. The summed E-state index contributed by atoms with van der Waals surface area (Å²) < 4.78 is 0. The fraction of sp³-hybridized carbons (Fsp3) is 0.381. The Balaban J connectivity index is 1.55. The molecule has 1 aliphatic carbocycles. The molecule has 1 spiro atoms. The smallest absolute Gasteiger partial charge is 0.229 e. The first-order chi connectivity index (χ1) is 12.6. The molecule has 1 N–H and O–H groups in total. The van der Waals surface area contributed by atoms with E-state index in [0.29, 0.717) is 18.5 Å². The molecule has 4 rings (SSSR count). The molecular weight excluding hydrogens is 328 g/mol. The highest BCUT2D eigenvalue weighted by Crippen LogP contribution is 2.44. The van der Waals surface area contributed by atoms with E-state index in [1.807, 2.05) is 29.2 Å². The van der Waals surface area contributed by atoms with E-state index < -0.39 is 6.61 Å². The number of Topliss-reactive ketones (excluding diaryl/α,β-unsaturated/α-hetero) is 1. The number of likely N-dealkylation sites (tertiary alicyclic amines) is 1. The molecule has 1 atom stereocenters. The number of amides is 1. The maximum atomic E-state index is 13.2. The van der Waals surface area contributed by atoms with Gasteiger partial charge in [-0.1, -0.05) is 18.2 Å². The first-order valence-electron chi connectivity index (χ1n) is 9.05. The summed E-state index contributed by atoms with van der Waals surface area (Å²) in [4.78, 5) is 31.0. The van der Waals surface area contributed by atoms with Gasteiger partial charge in [0.25, 0.3) is 0 Å². The number of aryl methyl sites for hydroxylation is 1. The van der Waals surface area contributed by atoms with Gasteiger partial charge in [0, 0.05) is 31.0 Å². The fourth-order valence-corrected chi connectivity index (χ4v) is 4.28. The number of carbonyl (C=O) groups excluding carboxylic acids is 2. The van der Waals surface area contributed by atoms with E-state index in [0.717, 1.165) is 36.9 Å². The van der Waals surface area contributed by atoms with Gasteiger partial charge in [-0.25, -0.2) is 0 Å². The van der Waals surface area contributed by atoms with Gasteiger partial charge in [-0.05, 0) is 54.5 Å². The number of benzene rings is 1. The summed E-state index contributed by atoms with van der Waals surface area (Å²) in [7, 11) is 0. The Hall–Kier alpha value is -2.53. The number of aliphatic hydroxyl groups excluding tert-OH is 1.